The number of hydrogen-bond donors (Lipinski definition) is 2. The van der Waals surface area contributed by atoms with E-state index in [-0.39, 0.29) is 17.2 Å². The minimum absolute atomic E-state index is 0.122. The number of thioether (sulfide) groups is 1. The predicted molar refractivity (Wildman–Crippen MR) is 82.8 cm³/mol. The van der Waals surface area contributed by atoms with Crippen molar-refractivity contribution < 1.29 is 18.7 Å². The van der Waals surface area contributed by atoms with E-state index >= 15 is 0 Å². The van der Waals surface area contributed by atoms with Crippen molar-refractivity contribution in [2.45, 2.75) is 17.9 Å². The fourth-order valence-electron chi connectivity index (χ4n) is 1.93. The molecule has 6 heteroatoms. The van der Waals surface area contributed by atoms with E-state index in [1.54, 1.807) is 24.3 Å². The van der Waals surface area contributed by atoms with Crippen LogP contribution in [0.5, 0.6) is 0 Å². The molecule has 1 atom stereocenters. The molecule has 0 aliphatic heterocycles. The molecular formula is C16H15F2NO2S. The lowest BCUT2D eigenvalue weighted by Crippen LogP contribution is -2.06. The van der Waals surface area contributed by atoms with Crippen LogP contribution in [-0.4, -0.2) is 16.8 Å². The van der Waals surface area contributed by atoms with Crippen LogP contribution >= 0.6 is 11.8 Å². The molecule has 2 N–H and O–H groups in total. The Kier molecular flexibility index (Phi) is 5.51. The monoisotopic (exact) mass is 323 g/mol. The first-order valence-corrected chi connectivity index (χ1v) is 7.58. The Morgan fingerprint density at radius 1 is 1.18 bits per heavy atom. The zero-order chi connectivity index (χ0) is 16.1. The molecule has 0 aliphatic carbocycles. The van der Waals surface area contributed by atoms with Crippen molar-refractivity contribution in [1.29, 1.82) is 0 Å². The number of hydrogen-bond acceptors (Lipinski definition) is 3. The SMILES string of the molecule is CC(=O)Nc1ccc(SCC(O)c2c(F)cccc2F)cc1. The summed E-state index contributed by atoms with van der Waals surface area (Å²) in [6.07, 6.45) is -1.23. The van der Waals surface area contributed by atoms with Crippen LogP contribution in [0.15, 0.2) is 47.4 Å². The van der Waals surface area contributed by atoms with Crippen LogP contribution < -0.4 is 5.32 Å². The summed E-state index contributed by atoms with van der Waals surface area (Å²) in [4.78, 5) is 11.7. The summed E-state index contributed by atoms with van der Waals surface area (Å²) in [5.41, 5.74) is 0.349. The van der Waals surface area contributed by atoms with Gasteiger partial charge in [-0.3, -0.25) is 4.79 Å². The summed E-state index contributed by atoms with van der Waals surface area (Å²) < 4.78 is 27.1. The van der Waals surface area contributed by atoms with Crippen LogP contribution in [0, 0.1) is 11.6 Å². The zero-order valence-corrected chi connectivity index (χ0v) is 12.7. The van der Waals surface area contributed by atoms with Crippen molar-refractivity contribution in [2.75, 3.05) is 11.1 Å². The third-order valence-corrected chi connectivity index (χ3v) is 4.00. The van der Waals surface area contributed by atoms with Gasteiger partial charge in [0, 0.05) is 23.3 Å². The van der Waals surface area contributed by atoms with Gasteiger partial charge in [0.2, 0.25) is 5.91 Å². The van der Waals surface area contributed by atoms with Gasteiger partial charge in [-0.05, 0) is 36.4 Å². The zero-order valence-electron chi connectivity index (χ0n) is 11.8. The molecule has 0 fully saturated rings. The van der Waals surface area contributed by atoms with Gasteiger partial charge in [-0.25, -0.2) is 8.78 Å². The lowest BCUT2D eigenvalue weighted by atomic mass is 10.1. The Morgan fingerprint density at radius 3 is 2.32 bits per heavy atom. The molecule has 0 radical (unpaired) electrons. The van der Waals surface area contributed by atoms with Gasteiger partial charge in [-0.1, -0.05) is 6.07 Å². The van der Waals surface area contributed by atoms with Crippen molar-refractivity contribution >= 4 is 23.4 Å². The second kappa shape index (κ2) is 7.38. The number of anilines is 1. The number of amides is 1. The second-order valence-electron chi connectivity index (χ2n) is 4.67. The predicted octanol–water partition coefficient (Wildman–Crippen LogP) is 3.75. The third kappa shape index (κ3) is 4.29. The first-order chi connectivity index (χ1) is 10.5. The van der Waals surface area contributed by atoms with Crippen LogP contribution in [0.4, 0.5) is 14.5 Å². The van der Waals surface area contributed by atoms with Crippen molar-refractivity contribution in [1.82, 2.24) is 0 Å². The topological polar surface area (TPSA) is 49.3 Å². The Hall–Kier alpha value is -1.92. The number of rotatable bonds is 5. The fraction of sp³-hybridized carbons (Fsp3) is 0.188. The van der Waals surface area contributed by atoms with E-state index in [9.17, 15) is 18.7 Å². The molecule has 0 saturated heterocycles. The maximum Gasteiger partial charge on any atom is 0.221 e. The van der Waals surface area contributed by atoms with E-state index in [2.05, 4.69) is 5.32 Å². The largest absolute Gasteiger partial charge is 0.387 e. The van der Waals surface area contributed by atoms with Gasteiger partial charge in [0.15, 0.2) is 0 Å². The van der Waals surface area contributed by atoms with E-state index in [0.29, 0.717) is 5.69 Å². The Labute approximate surface area is 131 Å². The summed E-state index contributed by atoms with van der Waals surface area (Å²) in [7, 11) is 0. The van der Waals surface area contributed by atoms with Gasteiger partial charge in [-0.15, -0.1) is 11.8 Å². The quantitative estimate of drug-likeness (QED) is 0.824. The number of benzene rings is 2. The minimum Gasteiger partial charge on any atom is -0.387 e. The molecule has 0 saturated carbocycles. The Morgan fingerprint density at radius 2 is 1.77 bits per heavy atom. The molecule has 0 aliphatic rings. The summed E-state index contributed by atoms with van der Waals surface area (Å²) in [6.45, 7) is 1.42. The average molecular weight is 323 g/mol. The highest BCUT2D eigenvalue weighted by atomic mass is 32.2. The van der Waals surface area contributed by atoms with Crippen molar-refractivity contribution in [3.05, 3.63) is 59.7 Å². The molecule has 1 unspecified atom stereocenters. The average Bonchev–Trinajstić information content (AvgIpc) is 2.46. The number of aliphatic hydroxyl groups excluding tert-OH is 1. The minimum atomic E-state index is -1.23. The molecule has 116 valence electrons. The van der Waals surface area contributed by atoms with Gasteiger partial charge in [0.1, 0.15) is 11.6 Å². The molecular weight excluding hydrogens is 308 g/mol. The number of aliphatic hydroxyl groups is 1. The van der Waals surface area contributed by atoms with E-state index in [4.69, 9.17) is 0 Å². The highest BCUT2D eigenvalue weighted by molar-refractivity contribution is 7.99. The highest BCUT2D eigenvalue weighted by Gasteiger charge is 2.17. The summed E-state index contributed by atoms with van der Waals surface area (Å²) in [5, 5.41) is 12.6. The molecule has 1 amide bonds. The van der Waals surface area contributed by atoms with E-state index in [1.807, 2.05) is 0 Å². The lowest BCUT2D eigenvalue weighted by Gasteiger charge is -2.12. The van der Waals surface area contributed by atoms with Gasteiger partial charge in [-0.2, -0.15) is 0 Å². The highest BCUT2D eigenvalue weighted by Crippen LogP contribution is 2.28. The molecule has 0 heterocycles. The molecule has 2 aromatic carbocycles. The van der Waals surface area contributed by atoms with Crippen LogP contribution in [0.1, 0.15) is 18.6 Å². The number of nitrogens with one attached hydrogen (secondary N) is 1. The molecule has 2 rings (SSSR count). The third-order valence-electron chi connectivity index (χ3n) is 2.92. The van der Waals surface area contributed by atoms with Gasteiger partial charge in [0.25, 0.3) is 0 Å². The smallest absolute Gasteiger partial charge is 0.221 e. The van der Waals surface area contributed by atoms with Crippen LogP contribution in [0.25, 0.3) is 0 Å². The van der Waals surface area contributed by atoms with Gasteiger partial charge >= 0.3 is 0 Å². The molecule has 0 bridgehead atoms. The van der Waals surface area contributed by atoms with Crippen molar-refractivity contribution in [3.63, 3.8) is 0 Å². The maximum absolute atomic E-state index is 13.6. The molecule has 2 aromatic rings. The first-order valence-electron chi connectivity index (χ1n) is 6.60. The standard InChI is InChI=1S/C16H15F2NO2S/c1-10(20)19-11-5-7-12(8-6-11)22-9-15(21)16-13(17)3-2-4-14(16)18/h2-8,15,21H,9H2,1H3,(H,19,20). The Balaban J connectivity index is 1.99. The molecule has 0 aromatic heterocycles. The number of halogens is 2. The second-order valence-corrected chi connectivity index (χ2v) is 5.76. The normalized spacial score (nSPS) is 12.0. The van der Waals surface area contributed by atoms with Crippen molar-refractivity contribution in [3.8, 4) is 0 Å². The van der Waals surface area contributed by atoms with Gasteiger partial charge < -0.3 is 10.4 Å². The molecule has 3 nitrogen and oxygen atoms in total. The summed E-state index contributed by atoms with van der Waals surface area (Å²) >= 11 is 1.27. The first kappa shape index (κ1) is 16.5. The maximum atomic E-state index is 13.6. The van der Waals surface area contributed by atoms with E-state index < -0.39 is 17.7 Å². The van der Waals surface area contributed by atoms with Crippen LogP contribution in [0.2, 0.25) is 0 Å². The van der Waals surface area contributed by atoms with Gasteiger partial charge in [0.05, 0.1) is 11.7 Å². The van der Waals surface area contributed by atoms with Crippen LogP contribution in [0.3, 0.4) is 0 Å². The van der Waals surface area contributed by atoms with E-state index in [0.717, 1.165) is 17.0 Å². The number of carbonyl (C=O) groups excluding carboxylic acids is 1. The summed E-state index contributed by atoms with van der Waals surface area (Å²) in [6, 6.07) is 10.5. The van der Waals surface area contributed by atoms with Crippen molar-refractivity contribution in [2.24, 2.45) is 0 Å². The Bertz CT molecular complexity index is 641. The summed E-state index contributed by atoms with van der Waals surface area (Å²) in [5.74, 6) is -1.55. The number of carbonyl (C=O) groups is 1. The molecule has 22 heavy (non-hydrogen) atoms. The lowest BCUT2D eigenvalue weighted by molar-refractivity contribution is -0.114. The fourth-order valence-corrected chi connectivity index (χ4v) is 2.77. The van der Waals surface area contributed by atoms with E-state index in [1.165, 1.54) is 24.8 Å². The van der Waals surface area contributed by atoms with Crippen LogP contribution in [-0.2, 0) is 4.79 Å². The molecule has 0 spiro atoms.